The van der Waals surface area contributed by atoms with Crippen molar-refractivity contribution in [3.05, 3.63) is 34.9 Å². The van der Waals surface area contributed by atoms with Gasteiger partial charge in [0.2, 0.25) is 13.9 Å². The van der Waals surface area contributed by atoms with Gasteiger partial charge >= 0.3 is 0 Å². The number of aliphatic hydroxyl groups excluding tert-OH is 1. The number of rotatable bonds is 0. The average Bonchev–Trinajstić information content (AvgIpc) is 2.33. The van der Waals surface area contributed by atoms with Gasteiger partial charge in [0.15, 0.2) is 0 Å². The van der Waals surface area contributed by atoms with Crippen LogP contribution in [0.4, 0.5) is 0 Å². The van der Waals surface area contributed by atoms with Crippen LogP contribution in [0.25, 0.3) is 0 Å². The number of nitrogens with zero attached hydrogens (tertiary/aromatic N) is 1. The van der Waals surface area contributed by atoms with Crippen LogP contribution in [-0.2, 0) is 0 Å². The van der Waals surface area contributed by atoms with Crippen LogP contribution in [0, 0.1) is 6.92 Å². The summed E-state index contributed by atoms with van der Waals surface area (Å²) in [4.78, 5) is 12.3. The van der Waals surface area contributed by atoms with Crippen molar-refractivity contribution < 1.29 is 9.90 Å². The van der Waals surface area contributed by atoms with E-state index in [-0.39, 0.29) is 5.91 Å². The van der Waals surface area contributed by atoms with E-state index in [4.69, 9.17) is 7.98 Å². The minimum Gasteiger partial charge on any atom is -0.370 e. The van der Waals surface area contributed by atoms with Gasteiger partial charge in [-0.1, -0.05) is 18.2 Å². The number of benzene rings is 1. The second-order valence-electron chi connectivity index (χ2n) is 3.13. The summed E-state index contributed by atoms with van der Waals surface area (Å²) < 4.78 is 0. The number of carbonyl (C=O) groups is 1. The Morgan fingerprint density at radius 3 is 2.85 bits per heavy atom. The Morgan fingerprint density at radius 1 is 1.54 bits per heavy atom. The minimum absolute atomic E-state index is 0.319. The largest absolute Gasteiger partial charge is 0.370 e. The molecule has 0 bridgehead atoms. The molecule has 0 aliphatic carbocycles. The molecule has 1 atom stereocenters. The van der Waals surface area contributed by atoms with Gasteiger partial charge in [-0.2, -0.15) is 0 Å². The number of amides is 1. The molecule has 0 aromatic heterocycles. The van der Waals surface area contributed by atoms with Crippen molar-refractivity contribution in [3.63, 3.8) is 0 Å². The zero-order valence-corrected chi connectivity index (χ0v) is 7.19. The average molecular weight is 173 g/mol. The van der Waals surface area contributed by atoms with Crippen molar-refractivity contribution in [1.82, 2.24) is 4.81 Å². The van der Waals surface area contributed by atoms with Crippen molar-refractivity contribution in [3.8, 4) is 0 Å². The summed E-state index contributed by atoms with van der Waals surface area (Å²) in [5.74, 6) is -0.319. The molecule has 3 nitrogen and oxygen atoms in total. The fourth-order valence-electron chi connectivity index (χ4n) is 1.59. The van der Waals surface area contributed by atoms with E-state index in [0.717, 1.165) is 10.4 Å². The molecule has 1 unspecified atom stereocenters. The zero-order valence-electron chi connectivity index (χ0n) is 7.19. The molecule has 2 radical (unpaired) electrons. The number of aryl methyl sites for hydroxylation is 1. The lowest BCUT2D eigenvalue weighted by Gasteiger charge is -2.14. The van der Waals surface area contributed by atoms with Crippen LogP contribution in [0.15, 0.2) is 18.2 Å². The summed E-state index contributed by atoms with van der Waals surface area (Å²) in [6, 6.07) is 5.32. The van der Waals surface area contributed by atoms with Crippen molar-refractivity contribution in [2.75, 3.05) is 0 Å². The second kappa shape index (κ2) is 2.60. The topological polar surface area (TPSA) is 40.5 Å². The maximum atomic E-state index is 11.5. The van der Waals surface area contributed by atoms with Gasteiger partial charge in [-0.3, -0.25) is 4.79 Å². The highest BCUT2D eigenvalue weighted by Gasteiger charge is 2.32. The molecule has 1 aliphatic rings. The molecule has 0 spiro atoms. The molecule has 1 amide bonds. The predicted octanol–water partition coefficient (Wildman–Crippen LogP) is 0.525. The Bertz CT molecular complexity index is 378. The van der Waals surface area contributed by atoms with Crippen molar-refractivity contribution in [2.45, 2.75) is 13.2 Å². The van der Waals surface area contributed by atoms with Gasteiger partial charge in [0.05, 0.1) is 0 Å². The van der Waals surface area contributed by atoms with Crippen molar-refractivity contribution in [1.29, 1.82) is 0 Å². The van der Waals surface area contributed by atoms with Gasteiger partial charge in [-0.15, -0.1) is 0 Å². The van der Waals surface area contributed by atoms with Crippen LogP contribution in [0.2, 0.25) is 0 Å². The first kappa shape index (κ1) is 8.32. The number of aliphatic hydroxyl groups is 1. The van der Waals surface area contributed by atoms with Gasteiger partial charge in [-0.05, 0) is 12.5 Å². The van der Waals surface area contributed by atoms with Gasteiger partial charge in [-0.25, -0.2) is 0 Å². The van der Waals surface area contributed by atoms with Crippen LogP contribution >= 0.6 is 0 Å². The first-order chi connectivity index (χ1) is 6.13. The van der Waals surface area contributed by atoms with Crippen LogP contribution in [0.3, 0.4) is 0 Å². The molecule has 64 valence electrons. The molecule has 13 heavy (non-hydrogen) atoms. The lowest BCUT2D eigenvalue weighted by molar-refractivity contribution is 0.0543. The Morgan fingerprint density at radius 2 is 2.23 bits per heavy atom. The fourth-order valence-corrected chi connectivity index (χ4v) is 1.59. The molecule has 2 rings (SSSR count). The Balaban J connectivity index is 2.66. The summed E-state index contributed by atoms with van der Waals surface area (Å²) >= 11 is 0. The van der Waals surface area contributed by atoms with E-state index >= 15 is 0 Å². The summed E-state index contributed by atoms with van der Waals surface area (Å²) in [5, 5.41) is 9.52. The van der Waals surface area contributed by atoms with Crippen LogP contribution < -0.4 is 0 Å². The highest BCUT2D eigenvalue weighted by Crippen LogP contribution is 2.31. The van der Waals surface area contributed by atoms with E-state index < -0.39 is 6.23 Å². The summed E-state index contributed by atoms with van der Waals surface area (Å²) in [6.07, 6.45) is -0.998. The molecule has 0 saturated carbocycles. The maximum absolute atomic E-state index is 11.5. The van der Waals surface area contributed by atoms with E-state index in [1.165, 1.54) is 0 Å². The van der Waals surface area contributed by atoms with Gasteiger partial charge in [0.1, 0.15) is 6.23 Å². The Hall–Kier alpha value is -1.29. The van der Waals surface area contributed by atoms with E-state index in [2.05, 4.69) is 0 Å². The molecule has 4 heteroatoms. The monoisotopic (exact) mass is 173 g/mol. The first-order valence-electron chi connectivity index (χ1n) is 3.99. The smallest absolute Gasteiger partial charge is 0.243 e. The third-order valence-corrected chi connectivity index (χ3v) is 2.30. The highest BCUT2D eigenvalue weighted by atomic mass is 16.3. The SMILES string of the molecule is [B]N1C(=O)c2c(C)cccc2C1O. The number of hydrogen-bond acceptors (Lipinski definition) is 2. The van der Waals surface area contributed by atoms with Gasteiger partial charge in [0, 0.05) is 11.1 Å². The maximum Gasteiger partial charge on any atom is 0.243 e. The van der Waals surface area contributed by atoms with E-state index in [1.807, 2.05) is 13.0 Å². The number of fused-ring (bicyclic) bond motifs is 1. The highest BCUT2D eigenvalue weighted by molar-refractivity contribution is 6.20. The fraction of sp³-hybridized carbons (Fsp3) is 0.222. The second-order valence-corrected chi connectivity index (χ2v) is 3.13. The molecule has 1 N–H and O–H groups in total. The first-order valence-corrected chi connectivity index (χ1v) is 3.99. The van der Waals surface area contributed by atoms with E-state index in [0.29, 0.717) is 11.1 Å². The molecule has 1 aromatic carbocycles. The summed E-state index contributed by atoms with van der Waals surface area (Å²) in [5.41, 5.74) is 1.96. The zero-order chi connectivity index (χ0) is 9.59. The van der Waals surface area contributed by atoms with Crippen LogP contribution in [-0.4, -0.2) is 23.8 Å². The van der Waals surface area contributed by atoms with E-state index in [9.17, 15) is 9.90 Å². The normalized spacial score (nSPS) is 20.6. The molecular weight excluding hydrogens is 165 g/mol. The number of hydrogen-bond donors (Lipinski definition) is 1. The lowest BCUT2D eigenvalue weighted by atomic mass is 10.0. The van der Waals surface area contributed by atoms with Crippen LogP contribution in [0.1, 0.15) is 27.7 Å². The van der Waals surface area contributed by atoms with Gasteiger partial charge in [0.25, 0.3) is 0 Å². The quantitative estimate of drug-likeness (QED) is 0.581. The molecule has 1 aromatic rings. The lowest BCUT2D eigenvalue weighted by Crippen LogP contribution is -2.24. The van der Waals surface area contributed by atoms with E-state index in [1.54, 1.807) is 12.1 Å². The van der Waals surface area contributed by atoms with Crippen molar-refractivity contribution >= 4 is 13.9 Å². The third kappa shape index (κ3) is 0.987. The Kier molecular flexibility index (Phi) is 1.67. The van der Waals surface area contributed by atoms with Crippen LogP contribution in [0.5, 0.6) is 0 Å². The standard InChI is InChI=1S/C9H8BNO2/c1-5-3-2-4-6-7(5)9(13)11(10)8(6)12/h2-4,8,12H,1H3. The predicted molar refractivity (Wildman–Crippen MR) is 48.1 cm³/mol. The molecular formula is C9H8BNO2. The summed E-state index contributed by atoms with van der Waals surface area (Å²) in [7, 11) is 5.37. The van der Waals surface area contributed by atoms with Crippen molar-refractivity contribution in [2.24, 2.45) is 0 Å². The Labute approximate surface area is 77.4 Å². The molecule has 0 fully saturated rings. The third-order valence-electron chi connectivity index (χ3n) is 2.30. The van der Waals surface area contributed by atoms with Gasteiger partial charge < -0.3 is 9.92 Å². The summed E-state index contributed by atoms with van der Waals surface area (Å²) in [6.45, 7) is 1.82. The molecule has 1 heterocycles. The molecule has 0 saturated heterocycles. The number of carbonyl (C=O) groups excluding carboxylic acids is 1. The molecule has 1 aliphatic heterocycles. The minimum atomic E-state index is -0.998.